The monoisotopic (exact) mass is 244 g/mol. The second kappa shape index (κ2) is 5.06. The summed E-state index contributed by atoms with van der Waals surface area (Å²) in [6.07, 6.45) is 3.78. The number of hydrazine groups is 1. The molecule has 5 heteroatoms. The van der Waals surface area contributed by atoms with Crippen LogP contribution >= 0.6 is 0 Å². The van der Waals surface area contributed by atoms with E-state index < -0.39 is 23.5 Å². The van der Waals surface area contributed by atoms with Crippen molar-refractivity contribution in [3.05, 3.63) is 35.1 Å². The molecule has 1 fully saturated rings. The highest BCUT2D eigenvalue weighted by Gasteiger charge is 2.25. The van der Waals surface area contributed by atoms with Crippen LogP contribution in [0.5, 0.6) is 0 Å². The minimum absolute atomic E-state index is 0.172. The van der Waals surface area contributed by atoms with Crippen molar-refractivity contribution in [2.75, 3.05) is 0 Å². The first kappa shape index (κ1) is 12.4. The van der Waals surface area contributed by atoms with Crippen LogP contribution < -0.4 is 11.3 Å². The van der Waals surface area contributed by atoms with Crippen molar-refractivity contribution in [3.8, 4) is 0 Å². The van der Waals surface area contributed by atoms with Gasteiger partial charge in [0.15, 0.2) is 0 Å². The van der Waals surface area contributed by atoms with Gasteiger partial charge in [0.2, 0.25) is 0 Å². The summed E-state index contributed by atoms with van der Waals surface area (Å²) in [5.74, 6) is 3.27. The number of benzene rings is 1. The van der Waals surface area contributed by atoms with Crippen molar-refractivity contribution in [1.29, 1.82) is 0 Å². The van der Waals surface area contributed by atoms with Gasteiger partial charge in [0.05, 0.1) is 6.04 Å². The summed E-state index contributed by atoms with van der Waals surface area (Å²) >= 11 is 0. The summed E-state index contributed by atoms with van der Waals surface area (Å²) in [5.41, 5.74) is 2.23. The molecule has 0 radical (unpaired) electrons. The first-order valence-corrected chi connectivity index (χ1v) is 5.72. The fourth-order valence-corrected chi connectivity index (χ4v) is 2.01. The molecule has 0 spiro atoms. The molecule has 17 heavy (non-hydrogen) atoms. The third-order valence-electron chi connectivity index (χ3n) is 3.15. The summed E-state index contributed by atoms with van der Waals surface area (Å²) in [7, 11) is 0. The van der Waals surface area contributed by atoms with E-state index in [1.165, 1.54) is 12.8 Å². The molecule has 1 aromatic carbocycles. The summed E-state index contributed by atoms with van der Waals surface area (Å²) in [6, 6.07) is 0.760. The van der Waals surface area contributed by atoms with E-state index in [-0.39, 0.29) is 5.56 Å². The lowest BCUT2D eigenvalue weighted by atomic mass is 10.00. The second-order valence-corrected chi connectivity index (χ2v) is 4.52. The van der Waals surface area contributed by atoms with Crippen LogP contribution in [0.1, 0.15) is 37.3 Å². The molecule has 0 saturated heterocycles. The number of nitrogens with one attached hydrogen (secondary N) is 1. The topological polar surface area (TPSA) is 38.0 Å². The molecule has 94 valence electrons. The molecular formula is C12H15F3N2. The third-order valence-corrected chi connectivity index (χ3v) is 3.15. The molecule has 2 nitrogen and oxygen atoms in total. The molecular weight excluding hydrogens is 229 g/mol. The highest BCUT2D eigenvalue weighted by molar-refractivity contribution is 5.24. The van der Waals surface area contributed by atoms with Gasteiger partial charge < -0.3 is 0 Å². The van der Waals surface area contributed by atoms with Crippen molar-refractivity contribution in [3.63, 3.8) is 0 Å². The van der Waals surface area contributed by atoms with Gasteiger partial charge in [0, 0.05) is 17.7 Å². The van der Waals surface area contributed by atoms with Gasteiger partial charge in [-0.15, -0.1) is 0 Å². The maximum atomic E-state index is 13.5. The van der Waals surface area contributed by atoms with Crippen LogP contribution in [-0.2, 0) is 0 Å². The molecule has 0 bridgehead atoms. The first-order chi connectivity index (χ1) is 8.11. The van der Waals surface area contributed by atoms with Crippen LogP contribution in [0.2, 0.25) is 0 Å². The Balaban J connectivity index is 2.16. The number of nitrogens with two attached hydrogens (primary N) is 1. The number of hydrogen-bond donors (Lipinski definition) is 2. The Morgan fingerprint density at radius 3 is 2.29 bits per heavy atom. The normalized spacial score (nSPS) is 17.2. The zero-order valence-corrected chi connectivity index (χ0v) is 9.35. The van der Waals surface area contributed by atoms with Crippen LogP contribution in [0.3, 0.4) is 0 Å². The molecule has 1 aliphatic carbocycles. The molecule has 0 aromatic heterocycles. The number of rotatable bonds is 5. The lowest BCUT2D eigenvalue weighted by molar-refractivity contribution is 0.429. The Morgan fingerprint density at radius 2 is 1.82 bits per heavy atom. The van der Waals surface area contributed by atoms with Crippen molar-refractivity contribution in [2.24, 2.45) is 11.8 Å². The molecule has 0 amide bonds. The van der Waals surface area contributed by atoms with E-state index in [2.05, 4.69) is 5.43 Å². The molecule has 0 aliphatic heterocycles. The quantitative estimate of drug-likeness (QED) is 0.617. The molecule has 0 heterocycles. The van der Waals surface area contributed by atoms with Gasteiger partial charge in [-0.05, 0) is 18.8 Å². The summed E-state index contributed by atoms with van der Waals surface area (Å²) in [4.78, 5) is 0. The predicted molar refractivity (Wildman–Crippen MR) is 58.3 cm³/mol. The van der Waals surface area contributed by atoms with Crippen molar-refractivity contribution in [2.45, 2.75) is 31.7 Å². The van der Waals surface area contributed by atoms with E-state index in [1.54, 1.807) is 0 Å². The van der Waals surface area contributed by atoms with Crippen LogP contribution in [0, 0.1) is 23.4 Å². The Kier molecular flexibility index (Phi) is 3.69. The maximum Gasteiger partial charge on any atom is 0.133 e. The summed E-state index contributed by atoms with van der Waals surface area (Å²) in [6.45, 7) is 0. The highest BCUT2D eigenvalue weighted by atomic mass is 19.1. The summed E-state index contributed by atoms with van der Waals surface area (Å²) < 4.78 is 39.8. The number of halogens is 3. The summed E-state index contributed by atoms with van der Waals surface area (Å²) in [5, 5.41) is 0. The average molecular weight is 244 g/mol. The Morgan fingerprint density at radius 1 is 1.24 bits per heavy atom. The fraction of sp³-hybridized carbons (Fsp3) is 0.500. The largest absolute Gasteiger partial charge is 0.271 e. The minimum Gasteiger partial charge on any atom is -0.271 e. The van der Waals surface area contributed by atoms with Gasteiger partial charge in [0.25, 0.3) is 0 Å². The third kappa shape index (κ3) is 2.98. The van der Waals surface area contributed by atoms with E-state index in [4.69, 9.17) is 5.84 Å². The van der Waals surface area contributed by atoms with Crippen LogP contribution in [-0.4, -0.2) is 0 Å². The van der Waals surface area contributed by atoms with Crippen molar-refractivity contribution >= 4 is 0 Å². The Bertz CT molecular complexity index is 382. The van der Waals surface area contributed by atoms with Crippen LogP contribution in [0.4, 0.5) is 13.2 Å². The average Bonchev–Trinajstić information content (AvgIpc) is 3.05. The second-order valence-electron chi connectivity index (χ2n) is 4.52. The zero-order valence-electron chi connectivity index (χ0n) is 9.35. The molecule has 1 saturated carbocycles. The van der Waals surface area contributed by atoms with Gasteiger partial charge >= 0.3 is 0 Å². The van der Waals surface area contributed by atoms with Gasteiger partial charge in [-0.3, -0.25) is 11.3 Å². The molecule has 1 aromatic rings. The highest BCUT2D eigenvalue weighted by Crippen LogP contribution is 2.36. The standard InChI is InChI=1S/C12H15F3N2/c13-8-5-9(14)12(10(15)6-8)11(17-16)4-3-7-1-2-7/h5-7,11,17H,1-4,16H2. The lowest BCUT2D eigenvalue weighted by Crippen LogP contribution is -2.29. The number of hydrogen-bond acceptors (Lipinski definition) is 2. The Labute approximate surface area is 98.0 Å². The van der Waals surface area contributed by atoms with E-state index in [9.17, 15) is 13.2 Å². The van der Waals surface area contributed by atoms with Gasteiger partial charge in [-0.1, -0.05) is 12.8 Å². The predicted octanol–water partition coefficient (Wildman–Crippen LogP) is 2.80. The molecule has 3 N–H and O–H groups in total. The molecule has 2 rings (SSSR count). The lowest BCUT2D eigenvalue weighted by Gasteiger charge is -2.17. The molecule has 1 unspecified atom stereocenters. The SMILES string of the molecule is NNC(CCC1CC1)c1c(F)cc(F)cc1F. The van der Waals surface area contributed by atoms with E-state index in [0.29, 0.717) is 24.5 Å². The zero-order chi connectivity index (χ0) is 12.4. The molecule has 1 aliphatic rings. The first-order valence-electron chi connectivity index (χ1n) is 5.72. The van der Waals surface area contributed by atoms with Gasteiger partial charge in [-0.2, -0.15) is 0 Å². The van der Waals surface area contributed by atoms with E-state index in [0.717, 1.165) is 6.42 Å². The smallest absolute Gasteiger partial charge is 0.133 e. The Hall–Kier alpha value is -1.07. The minimum atomic E-state index is -0.915. The van der Waals surface area contributed by atoms with Gasteiger partial charge in [-0.25, -0.2) is 13.2 Å². The fourth-order valence-electron chi connectivity index (χ4n) is 2.01. The van der Waals surface area contributed by atoms with E-state index in [1.807, 2.05) is 0 Å². The maximum absolute atomic E-state index is 13.5. The molecule has 1 atom stereocenters. The van der Waals surface area contributed by atoms with E-state index >= 15 is 0 Å². The van der Waals surface area contributed by atoms with Crippen LogP contribution in [0.25, 0.3) is 0 Å². The van der Waals surface area contributed by atoms with Crippen molar-refractivity contribution in [1.82, 2.24) is 5.43 Å². The van der Waals surface area contributed by atoms with Crippen molar-refractivity contribution < 1.29 is 13.2 Å². The van der Waals surface area contributed by atoms with Gasteiger partial charge in [0.1, 0.15) is 17.5 Å². The van der Waals surface area contributed by atoms with Crippen LogP contribution in [0.15, 0.2) is 12.1 Å².